The second-order valence-electron chi connectivity index (χ2n) is 7.50. The van der Waals surface area contributed by atoms with Gasteiger partial charge in [0.1, 0.15) is 0 Å². The molecule has 3 rings (SSSR count). The van der Waals surface area contributed by atoms with Crippen LogP contribution in [0.5, 0.6) is 0 Å². The summed E-state index contributed by atoms with van der Waals surface area (Å²) < 4.78 is 7.04. The molecule has 2 fully saturated rings. The van der Waals surface area contributed by atoms with Crippen LogP contribution in [-0.4, -0.2) is 51.8 Å². The molecule has 6 nitrogen and oxygen atoms in total. The summed E-state index contributed by atoms with van der Waals surface area (Å²) in [4.78, 5) is 16.2. The number of thioether (sulfide) groups is 1. The Balaban J connectivity index is 1.63. The number of hydrogen-bond acceptors (Lipinski definition) is 7. The van der Waals surface area contributed by atoms with Crippen molar-refractivity contribution < 1.29 is 9.53 Å². The van der Waals surface area contributed by atoms with Gasteiger partial charge in [-0.05, 0) is 31.5 Å². The van der Waals surface area contributed by atoms with E-state index in [0.29, 0.717) is 29.1 Å². The largest absolute Gasteiger partial charge is 0.463 e. The molecule has 0 spiro atoms. The van der Waals surface area contributed by atoms with Gasteiger partial charge in [0.25, 0.3) is 0 Å². The number of carbonyl (C=O) groups is 1. The lowest BCUT2D eigenvalue weighted by Gasteiger charge is -2.38. The van der Waals surface area contributed by atoms with Crippen molar-refractivity contribution in [2.75, 3.05) is 24.2 Å². The lowest BCUT2D eigenvalue weighted by molar-refractivity contribution is 0.122. The number of carbonyl (C=O) groups excluding carboxylic acids is 1. The number of amides is 2. The Kier molecular flexibility index (Phi) is 8.35. The molecular weight excluding hydrogens is 412 g/mol. The zero-order chi connectivity index (χ0) is 19.9. The molecule has 156 valence electrons. The molecule has 1 saturated carbocycles. The fraction of sp³-hybridized carbons (Fsp3) is 0.789. The van der Waals surface area contributed by atoms with Gasteiger partial charge in [-0.15, -0.1) is 10.2 Å². The van der Waals surface area contributed by atoms with E-state index in [1.165, 1.54) is 49.9 Å². The molecule has 0 radical (unpaired) electrons. The number of aromatic nitrogens is 2. The molecule has 28 heavy (non-hydrogen) atoms. The van der Waals surface area contributed by atoms with Crippen molar-refractivity contribution in [2.45, 2.75) is 75.3 Å². The Labute approximate surface area is 181 Å². The van der Waals surface area contributed by atoms with E-state index < -0.39 is 0 Å². The molecule has 2 aliphatic rings. The molecule has 2 amide bonds. The maximum Gasteiger partial charge on any atom is 0.329 e. The SMILES string of the molecule is CCCCCCSc1nnc(N2C(=O)N(C)CCC2OC(=S)C2CCCC2)s1. The highest BCUT2D eigenvalue weighted by atomic mass is 32.2. The first-order valence-corrected chi connectivity index (χ1v) is 12.5. The van der Waals surface area contributed by atoms with Crippen LogP contribution in [0.4, 0.5) is 9.93 Å². The molecule has 2 heterocycles. The summed E-state index contributed by atoms with van der Waals surface area (Å²) in [6.45, 7) is 2.87. The number of thiocarbonyl (C=S) groups is 1. The number of hydrogen-bond donors (Lipinski definition) is 0. The normalized spacial score (nSPS) is 20.8. The summed E-state index contributed by atoms with van der Waals surface area (Å²) in [5, 5.41) is 9.84. The average Bonchev–Trinajstić information content (AvgIpc) is 3.37. The van der Waals surface area contributed by atoms with Crippen LogP contribution in [0, 0.1) is 5.92 Å². The first-order chi connectivity index (χ1) is 13.6. The quantitative estimate of drug-likeness (QED) is 0.223. The smallest absolute Gasteiger partial charge is 0.329 e. The van der Waals surface area contributed by atoms with Gasteiger partial charge in [0.05, 0.1) is 0 Å². The highest BCUT2D eigenvalue weighted by Crippen LogP contribution is 2.34. The van der Waals surface area contributed by atoms with Crippen molar-refractivity contribution in [1.82, 2.24) is 15.1 Å². The predicted octanol–water partition coefficient (Wildman–Crippen LogP) is 5.33. The third-order valence-electron chi connectivity index (χ3n) is 5.30. The summed E-state index contributed by atoms with van der Waals surface area (Å²) in [5.41, 5.74) is 0. The van der Waals surface area contributed by atoms with Crippen LogP contribution < -0.4 is 4.90 Å². The fourth-order valence-electron chi connectivity index (χ4n) is 3.59. The lowest BCUT2D eigenvalue weighted by Crippen LogP contribution is -2.55. The molecule has 1 atom stereocenters. The van der Waals surface area contributed by atoms with Crippen molar-refractivity contribution in [3.63, 3.8) is 0 Å². The maximum absolute atomic E-state index is 12.8. The van der Waals surface area contributed by atoms with Crippen LogP contribution in [0.3, 0.4) is 0 Å². The molecule has 1 unspecified atom stereocenters. The van der Waals surface area contributed by atoms with Gasteiger partial charge < -0.3 is 9.64 Å². The number of ether oxygens (including phenoxy) is 1. The van der Waals surface area contributed by atoms with Gasteiger partial charge in [0, 0.05) is 31.7 Å². The molecule has 1 aliphatic heterocycles. The highest BCUT2D eigenvalue weighted by molar-refractivity contribution is 8.01. The standard InChI is InChI=1S/C19H30N4O2S3/c1-3-4-5-8-13-27-18-21-20-17(28-18)23-15(11-12-22(2)19(23)24)25-16(26)14-9-6-7-10-14/h14-15H,3-13H2,1-2H3. The minimum atomic E-state index is -0.382. The fourth-order valence-corrected chi connectivity index (χ4v) is 5.88. The van der Waals surface area contributed by atoms with Crippen LogP contribution in [0.1, 0.15) is 64.7 Å². The van der Waals surface area contributed by atoms with E-state index >= 15 is 0 Å². The lowest BCUT2D eigenvalue weighted by atomic mass is 10.1. The maximum atomic E-state index is 12.8. The van der Waals surface area contributed by atoms with Crippen LogP contribution in [0.25, 0.3) is 0 Å². The highest BCUT2D eigenvalue weighted by Gasteiger charge is 2.37. The van der Waals surface area contributed by atoms with Crippen LogP contribution in [0.2, 0.25) is 0 Å². The molecule has 0 N–H and O–H groups in total. The first-order valence-electron chi connectivity index (χ1n) is 10.3. The van der Waals surface area contributed by atoms with Gasteiger partial charge in [0.2, 0.25) is 5.13 Å². The second kappa shape index (κ2) is 10.7. The van der Waals surface area contributed by atoms with E-state index in [0.717, 1.165) is 22.9 Å². The van der Waals surface area contributed by atoms with Gasteiger partial charge in [-0.2, -0.15) is 0 Å². The topological polar surface area (TPSA) is 58.6 Å². The molecule has 1 aliphatic carbocycles. The Bertz CT molecular complexity index is 663. The Morgan fingerprint density at radius 1 is 1.25 bits per heavy atom. The second-order valence-corrected chi connectivity index (χ2v) is 10.2. The van der Waals surface area contributed by atoms with Crippen molar-refractivity contribution >= 4 is 51.5 Å². The van der Waals surface area contributed by atoms with Gasteiger partial charge in [-0.3, -0.25) is 0 Å². The van der Waals surface area contributed by atoms with E-state index in [2.05, 4.69) is 17.1 Å². The third-order valence-corrected chi connectivity index (χ3v) is 7.87. The molecule has 0 bridgehead atoms. The van der Waals surface area contributed by atoms with Crippen molar-refractivity contribution in [3.8, 4) is 0 Å². The van der Waals surface area contributed by atoms with E-state index in [4.69, 9.17) is 17.0 Å². The van der Waals surface area contributed by atoms with Crippen molar-refractivity contribution in [1.29, 1.82) is 0 Å². The summed E-state index contributed by atoms with van der Waals surface area (Å²) in [7, 11) is 1.81. The number of urea groups is 1. The number of anilines is 1. The molecule has 1 aromatic rings. The molecule has 1 aromatic heterocycles. The molecule has 1 saturated heterocycles. The Hall–Kier alpha value is -0.930. The summed E-state index contributed by atoms with van der Waals surface area (Å²) in [6, 6.07) is -0.0962. The number of rotatable bonds is 9. The van der Waals surface area contributed by atoms with Gasteiger partial charge in [-0.1, -0.05) is 62.1 Å². The number of nitrogens with zero attached hydrogens (tertiary/aromatic N) is 4. The number of unbranched alkanes of at least 4 members (excludes halogenated alkanes) is 3. The minimum Gasteiger partial charge on any atom is -0.463 e. The van der Waals surface area contributed by atoms with E-state index in [-0.39, 0.29) is 12.3 Å². The summed E-state index contributed by atoms with van der Waals surface area (Å²) in [5.74, 6) is 1.38. The molecule has 9 heteroatoms. The zero-order valence-corrected chi connectivity index (χ0v) is 19.2. The van der Waals surface area contributed by atoms with Gasteiger partial charge >= 0.3 is 6.03 Å². The zero-order valence-electron chi connectivity index (χ0n) is 16.8. The van der Waals surface area contributed by atoms with E-state index in [1.807, 2.05) is 7.05 Å². The molecule has 0 aromatic carbocycles. The summed E-state index contributed by atoms with van der Waals surface area (Å²) in [6.07, 6.45) is 9.88. The van der Waals surface area contributed by atoms with Crippen molar-refractivity contribution in [3.05, 3.63) is 0 Å². The van der Waals surface area contributed by atoms with Gasteiger partial charge in [0.15, 0.2) is 15.6 Å². The van der Waals surface area contributed by atoms with Gasteiger partial charge in [-0.25, -0.2) is 9.69 Å². The van der Waals surface area contributed by atoms with Crippen LogP contribution >= 0.6 is 35.3 Å². The van der Waals surface area contributed by atoms with Crippen molar-refractivity contribution in [2.24, 2.45) is 5.92 Å². The minimum absolute atomic E-state index is 0.0962. The monoisotopic (exact) mass is 442 g/mol. The Morgan fingerprint density at radius 3 is 2.79 bits per heavy atom. The summed E-state index contributed by atoms with van der Waals surface area (Å²) >= 11 is 8.74. The van der Waals surface area contributed by atoms with Crippen LogP contribution in [-0.2, 0) is 4.74 Å². The third kappa shape index (κ3) is 5.57. The van der Waals surface area contributed by atoms with Crippen LogP contribution in [0.15, 0.2) is 4.34 Å². The molecular formula is C19H30N4O2S3. The first kappa shape index (κ1) is 21.8. The van der Waals surface area contributed by atoms with E-state index in [9.17, 15) is 4.79 Å². The van der Waals surface area contributed by atoms with E-state index in [1.54, 1.807) is 21.6 Å². The Morgan fingerprint density at radius 2 is 2.04 bits per heavy atom. The average molecular weight is 443 g/mol. The predicted molar refractivity (Wildman–Crippen MR) is 119 cm³/mol.